The molecule has 0 bridgehead atoms. The van der Waals surface area contributed by atoms with Crippen LogP contribution in [0.5, 0.6) is 0 Å². The Morgan fingerprint density at radius 3 is 2.59 bits per heavy atom. The minimum absolute atomic E-state index is 0.556. The average Bonchev–Trinajstić information content (AvgIpc) is 2.58. The van der Waals surface area contributed by atoms with Gasteiger partial charge in [-0.3, -0.25) is 0 Å². The largest absolute Gasteiger partial charge is 0.382 e. The zero-order valence-corrected chi connectivity index (χ0v) is 12.5. The predicted molar refractivity (Wildman–Crippen MR) is 71.6 cm³/mol. The summed E-state index contributed by atoms with van der Waals surface area (Å²) in [6.07, 6.45) is -0.764. The third-order valence-electron chi connectivity index (χ3n) is 2.54. The van der Waals surface area contributed by atoms with Gasteiger partial charge in [-0.05, 0) is 34.5 Å². The number of aliphatic hydroxyl groups excluding tert-OH is 1. The quantitative estimate of drug-likeness (QED) is 0.895. The number of hydrogen-bond acceptors (Lipinski definition) is 3. The average molecular weight is 361 g/mol. The van der Waals surface area contributed by atoms with Crippen LogP contribution < -0.4 is 0 Å². The lowest BCUT2D eigenvalue weighted by Gasteiger charge is -2.13. The molecule has 1 aromatic heterocycles. The molecule has 1 heterocycles. The van der Waals surface area contributed by atoms with Crippen LogP contribution in [0, 0.1) is 6.92 Å². The van der Waals surface area contributed by atoms with Crippen molar-refractivity contribution in [1.29, 1.82) is 0 Å². The van der Waals surface area contributed by atoms with Gasteiger partial charge in [-0.25, -0.2) is 4.68 Å². The molecule has 0 fully saturated rings. The fourth-order valence-electron chi connectivity index (χ4n) is 1.63. The van der Waals surface area contributed by atoms with E-state index in [4.69, 9.17) is 0 Å². The molecule has 1 aromatic carbocycles. The van der Waals surface area contributed by atoms with E-state index in [2.05, 4.69) is 42.2 Å². The first-order valence-corrected chi connectivity index (χ1v) is 6.58. The lowest BCUT2D eigenvalue weighted by Crippen LogP contribution is -2.08. The van der Waals surface area contributed by atoms with E-state index < -0.39 is 6.10 Å². The Bertz CT molecular complexity index is 534. The molecule has 0 aliphatic heterocycles. The number of aliphatic hydroxyl groups is 1. The van der Waals surface area contributed by atoms with E-state index >= 15 is 0 Å². The number of halogens is 2. The van der Waals surface area contributed by atoms with Crippen molar-refractivity contribution >= 4 is 31.9 Å². The van der Waals surface area contributed by atoms with Gasteiger partial charge in [0.25, 0.3) is 0 Å². The van der Waals surface area contributed by atoms with Gasteiger partial charge >= 0.3 is 0 Å². The number of benzene rings is 1. The van der Waals surface area contributed by atoms with E-state index in [9.17, 15) is 5.11 Å². The molecular formula is C11H11Br2N3O. The fourth-order valence-corrected chi connectivity index (χ4v) is 2.88. The summed E-state index contributed by atoms with van der Waals surface area (Å²) in [6.45, 7) is 2.00. The van der Waals surface area contributed by atoms with Gasteiger partial charge in [-0.2, -0.15) is 0 Å². The van der Waals surface area contributed by atoms with Crippen LogP contribution in [0.15, 0.2) is 27.3 Å². The normalized spacial score (nSPS) is 12.8. The second kappa shape index (κ2) is 4.88. The molecular weight excluding hydrogens is 350 g/mol. The van der Waals surface area contributed by atoms with E-state index in [0.29, 0.717) is 10.3 Å². The van der Waals surface area contributed by atoms with Crippen molar-refractivity contribution in [3.63, 3.8) is 0 Å². The molecule has 4 nitrogen and oxygen atoms in total. The van der Waals surface area contributed by atoms with E-state index in [0.717, 1.165) is 15.6 Å². The minimum Gasteiger partial charge on any atom is -0.382 e. The summed E-state index contributed by atoms with van der Waals surface area (Å²) in [6, 6.07) is 5.82. The molecule has 1 N–H and O–H groups in total. The molecule has 0 saturated heterocycles. The smallest absolute Gasteiger partial charge is 0.154 e. The summed E-state index contributed by atoms with van der Waals surface area (Å²) in [5.74, 6) is 0. The van der Waals surface area contributed by atoms with Crippen LogP contribution >= 0.6 is 31.9 Å². The van der Waals surface area contributed by atoms with Crippen molar-refractivity contribution in [3.8, 4) is 0 Å². The lowest BCUT2D eigenvalue weighted by atomic mass is 10.1. The first-order chi connectivity index (χ1) is 8.00. The van der Waals surface area contributed by atoms with E-state index in [1.54, 1.807) is 11.7 Å². The Hall–Kier alpha value is -0.720. The Morgan fingerprint density at radius 1 is 1.35 bits per heavy atom. The molecule has 2 aromatic rings. The summed E-state index contributed by atoms with van der Waals surface area (Å²) in [4.78, 5) is 0. The van der Waals surface area contributed by atoms with Crippen LogP contribution in [-0.2, 0) is 7.05 Å². The second-order valence-corrected chi connectivity index (χ2v) is 5.42. The summed E-state index contributed by atoms with van der Waals surface area (Å²) < 4.78 is 2.99. The van der Waals surface area contributed by atoms with Crippen LogP contribution in [-0.4, -0.2) is 20.1 Å². The molecule has 0 aliphatic rings. The summed E-state index contributed by atoms with van der Waals surface area (Å²) in [5, 5.41) is 18.1. The molecule has 0 saturated carbocycles. The fraction of sp³-hybridized carbons (Fsp3) is 0.273. The van der Waals surface area contributed by atoms with Gasteiger partial charge in [0.15, 0.2) is 4.60 Å². The minimum atomic E-state index is -0.764. The summed E-state index contributed by atoms with van der Waals surface area (Å²) in [5.41, 5.74) is 2.56. The zero-order valence-electron chi connectivity index (χ0n) is 9.35. The molecule has 17 heavy (non-hydrogen) atoms. The molecule has 90 valence electrons. The number of nitrogens with zero attached hydrogens (tertiary/aromatic N) is 3. The molecule has 0 aliphatic carbocycles. The standard InChI is InChI=1S/C11H11Br2N3O/c1-6-3-4-7(8(12)5-6)10(17)9-11(13)14-15-16(9)2/h3-5,10,17H,1-2H3. The highest BCUT2D eigenvalue weighted by atomic mass is 79.9. The zero-order chi connectivity index (χ0) is 12.6. The SMILES string of the molecule is Cc1ccc(C(O)c2c(Br)nnn2C)c(Br)c1. The third-order valence-corrected chi connectivity index (χ3v) is 3.79. The van der Waals surface area contributed by atoms with Gasteiger partial charge in [0, 0.05) is 17.1 Å². The Balaban J connectivity index is 2.47. The van der Waals surface area contributed by atoms with Gasteiger partial charge in [0.2, 0.25) is 0 Å². The van der Waals surface area contributed by atoms with Crippen LogP contribution in [0.25, 0.3) is 0 Å². The maximum absolute atomic E-state index is 10.4. The maximum Gasteiger partial charge on any atom is 0.154 e. The number of rotatable bonds is 2. The monoisotopic (exact) mass is 359 g/mol. The van der Waals surface area contributed by atoms with E-state index in [1.807, 2.05) is 25.1 Å². The highest BCUT2D eigenvalue weighted by Gasteiger charge is 2.21. The predicted octanol–water partition coefficient (Wildman–Crippen LogP) is 2.73. The third kappa shape index (κ3) is 2.43. The van der Waals surface area contributed by atoms with Crippen molar-refractivity contribution < 1.29 is 5.11 Å². The number of hydrogen-bond donors (Lipinski definition) is 1. The Morgan fingerprint density at radius 2 is 2.06 bits per heavy atom. The molecule has 0 amide bonds. The van der Waals surface area contributed by atoms with Crippen molar-refractivity contribution in [1.82, 2.24) is 15.0 Å². The molecule has 1 unspecified atom stereocenters. The summed E-state index contributed by atoms with van der Waals surface area (Å²) >= 11 is 6.74. The first-order valence-electron chi connectivity index (χ1n) is 5.00. The van der Waals surface area contributed by atoms with Crippen LogP contribution in [0.4, 0.5) is 0 Å². The van der Waals surface area contributed by atoms with Crippen LogP contribution in [0.1, 0.15) is 22.9 Å². The maximum atomic E-state index is 10.4. The topological polar surface area (TPSA) is 50.9 Å². The highest BCUT2D eigenvalue weighted by Crippen LogP contribution is 2.31. The number of aryl methyl sites for hydroxylation is 2. The van der Waals surface area contributed by atoms with Gasteiger partial charge in [-0.15, -0.1) is 5.10 Å². The second-order valence-electron chi connectivity index (χ2n) is 3.82. The first kappa shape index (κ1) is 12.7. The molecule has 2 rings (SSSR count). The highest BCUT2D eigenvalue weighted by molar-refractivity contribution is 9.10. The van der Waals surface area contributed by atoms with Crippen molar-refractivity contribution in [2.24, 2.45) is 7.05 Å². The van der Waals surface area contributed by atoms with Gasteiger partial charge < -0.3 is 5.11 Å². The molecule has 0 radical (unpaired) electrons. The Labute approximate surface area is 116 Å². The molecule has 0 spiro atoms. The van der Waals surface area contributed by atoms with Gasteiger partial charge in [0.1, 0.15) is 11.8 Å². The van der Waals surface area contributed by atoms with Crippen LogP contribution in [0.2, 0.25) is 0 Å². The van der Waals surface area contributed by atoms with Gasteiger partial charge in [-0.1, -0.05) is 33.3 Å². The number of aromatic nitrogens is 3. The Kier molecular flexibility index (Phi) is 3.65. The van der Waals surface area contributed by atoms with E-state index in [-0.39, 0.29) is 0 Å². The summed E-state index contributed by atoms with van der Waals surface area (Å²) in [7, 11) is 1.75. The van der Waals surface area contributed by atoms with Gasteiger partial charge in [0.05, 0.1) is 0 Å². The lowest BCUT2D eigenvalue weighted by molar-refractivity contribution is 0.208. The van der Waals surface area contributed by atoms with Crippen molar-refractivity contribution in [2.75, 3.05) is 0 Å². The molecule has 1 atom stereocenters. The van der Waals surface area contributed by atoms with E-state index in [1.165, 1.54) is 0 Å². The molecule has 6 heteroatoms. The van der Waals surface area contributed by atoms with Crippen molar-refractivity contribution in [3.05, 3.63) is 44.1 Å². The van der Waals surface area contributed by atoms with Crippen molar-refractivity contribution in [2.45, 2.75) is 13.0 Å². The van der Waals surface area contributed by atoms with Crippen LogP contribution in [0.3, 0.4) is 0 Å².